The average Bonchev–Trinajstić information content (AvgIpc) is 3.43. The first kappa shape index (κ1) is 28.4. The van der Waals surface area contributed by atoms with Crippen molar-refractivity contribution in [2.75, 3.05) is 32.8 Å². The second kappa shape index (κ2) is 11.2. The smallest absolute Gasteiger partial charge is 0.408 e. The van der Waals surface area contributed by atoms with Gasteiger partial charge >= 0.3 is 6.09 Å². The number of hydrogen-bond donors (Lipinski definition) is 1. The highest BCUT2D eigenvalue weighted by Crippen LogP contribution is 2.54. The zero-order valence-corrected chi connectivity index (χ0v) is 24.7. The summed E-state index contributed by atoms with van der Waals surface area (Å²) in [5.74, 6) is 0.192. The maximum Gasteiger partial charge on any atom is 0.408 e. The van der Waals surface area contributed by atoms with Gasteiger partial charge in [0.15, 0.2) is 0 Å². The highest BCUT2D eigenvalue weighted by Gasteiger charge is 2.58. The van der Waals surface area contributed by atoms with Gasteiger partial charge in [0.05, 0.1) is 13.2 Å². The predicted octanol–water partition coefficient (Wildman–Crippen LogP) is 3.07. The number of aromatic nitrogens is 1. The summed E-state index contributed by atoms with van der Waals surface area (Å²) < 4.78 is 11.1. The van der Waals surface area contributed by atoms with Crippen molar-refractivity contribution in [3.05, 3.63) is 30.1 Å². The molecule has 5 atom stereocenters. The highest BCUT2D eigenvalue weighted by atomic mass is 16.6. The molecular formula is C31H45N5O5. The normalized spacial score (nSPS) is 31.9. The van der Waals surface area contributed by atoms with Crippen LogP contribution in [0.4, 0.5) is 4.79 Å². The van der Waals surface area contributed by atoms with Crippen LogP contribution in [-0.2, 0) is 19.1 Å². The molecule has 0 bridgehead atoms. The Kier molecular flexibility index (Phi) is 7.74. The minimum atomic E-state index is -0.721. The summed E-state index contributed by atoms with van der Waals surface area (Å²) >= 11 is 0. The van der Waals surface area contributed by atoms with Crippen LogP contribution in [0, 0.1) is 0 Å². The second-order valence-corrected chi connectivity index (χ2v) is 13.7. The van der Waals surface area contributed by atoms with Gasteiger partial charge in [0.25, 0.3) is 0 Å². The number of morpholine rings is 1. The molecule has 4 saturated heterocycles. The summed E-state index contributed by atoms with van der Waals surface area (Å²) in [4.78, 5) is 52.1. The van der Waals surface area contributed by atoms with Crippen molar-refractivity contribution >= 4 is 17.9 Å². The summed E-state index contributed by atoms with van der Waals surface area (Å²) in [5.41, 5.74) is 0.418. The second-order valence-electron chi connectivity index (χ2n) is 13.7. The molecule has 1 aliphatic carbocycles. The predicted molar refractivity (Wildman–Crippen MR) is 152 cm³/mol. The fourth-order valence-electron chi connectivity index (χ4n) is 7.65. The lowest BCUT2D eigenvalue weighted by Crippen LogP contribution is -2.59. The van der Waals surface area contributed by atoms with Gasteiger partial charge < -0.3 is 24.6 Å². The van der Waals surface area contributed by atoms with Crippen LogP contribution < -0.4 is 5.32 Å². The first-order valence-electron chi connectivity index (χ1n) is 15.5. The number of pyridine rings is 1. The maximum absolute atomic E-state index is 14.4. The van der Waals surface area contributed by atoms with Gasteiger partial charge in [0.1, 0.15) is 17.7 Å². The Balaban J connectivity index is 1.24. The van der Waals surface area contributed by atoms with Gasteiger partial charge in [-0.2, -0.15) is 0 Å². The van der Waals surface area contributed by atoms with Crippen molar-refractivity contribution in [3.63, 3.8) is 0 Å². The molecule has 1 saturated carbocycles. The van der Waals surface area contributed by atoms with E-state index in [0.29, 0.717) is 32.6 Å². The summed E-state index contributed by atoms with van der Waals surface area (Å²) in [6, 6.07) is 3.09. The maximum atomic E-state index is 14.4. The lowest BCUT2D eigenvalue weighted by Gasteiger charge is -2.42. The molecule has 3 amide bonds. The summed E-state index contributed by atoms with van der Waals surface area (Å²) in [5, 5.41) is 2.89. The summed E-state index contributed by atoms with van der Waals surface area (Å²) in [6.07, 6.45) is 9.72. The van der Waals surface area contributed by atoms with Crippen LogP contribution in [0.2, 0.25) is 0 Å². The summed E-state index contributed by atoms with van der Waals surface area (Å²) in [6.45, 7) is 9.26. The number of alkyl carbamates (subject to hydrolysis) is 1. The molecule has 1 spiro atoms. The van der Waals surface area contributed by atoms with Gasteiger partial charge in [-0.15, -0.1) is 0 Å². The molecule has 0 unspecified atom stereocenters. The van der Waals surface area contributed by atoms with E-state index in [1.807, 2.05) is 37.9 Å². The van der Waals surface area contributed by atoms with Crippen molar-refractivity contribution in [1.29, 1.82) is 0 Å². The minimum Gasteiger partial charge on any atom is -0.444 e. The third kappa shape index (κ3) is 5.95. The van der Waals surface area contributed by atoms with Crippen molar-refractivity contribution in [1.82, 2.24) is 25.0 Å². The first-order valence-corrected chi connectivity index (χ1v) is 15.5. The standard InChI is InChI=1S/C31H45N5O5/c1-30(2,3)41-29(39)33-25-8-6-23(34-13-15-40-16-14-34)17-24-7-9-26(36(24)27(25)37)28(38)35-20-22(18-31(35)10-11-31)21-5-4-12-32-19-21/h4-5,12,19,22-26H,6-11,13-18,20H2,1-3H3,(H,33,39)/t22-,23-,24+,25-,26-/m0/s1. The number of nitrogens with zero attached hydrogens (tertiary/aromatic N) is 4. The molecule has 5 heterocycles. The van der Waals surface area contributed by atoms with Crippen LogP contribution in [-0.4, -0.2) is 106 Å². The number of fused-ring (bicyclic) bond motifs is 1. The Morgan fingerprint density at radius 1 is 1.10 bits per heavy atom. The lowest BCUT2D eigenvalue weighted by atomic mass is 9.93. The Hall–Kier alpha value is -2.72. The van der Waals surface area contributed by atoms with E-state index >= 15 is 0 Å². The molecule has 0 radical (unpaired) electrons. The Labute approximate surface area is 243 Å². The topological polar surface area (TPSA) is 104 Å². The fourth-order valence-corrected chi connectivity index (χ4v) is 7.65. The van der Waals surface area contributed by atoms with Crippen molar-refractivity contribution < 1.29 is 23.9 Å². The zero-order chi connectivity index (χ0) is 28.8. The number of ether oxygens (including phenoxy) is 2. The van der Waals surface area contributed by atoms with E-state index in [9.17, 15) is 14.4 Å². The molecule has 41 heavy (non-hydrogen) atoms. The SMILES string of the molecule is CC(C)(C)OC(=O)N[C@H]1CC[C@H](N2CCOCC2)C[C@H]2CC[C@@H](C(=O)N3C[C@@H](c4cccnc4)CC34CC4)N2C1=O. The quantitative estimate of drug-likeness (QED) is 0.596. The molecule has 6 rings (SSSR count). The largest absolute Gasteiger partial charge is 0.444 e. The molecule has 5 aliphatic rings. The minimum absolute atomic E-state index is 0.0283. The van der Waals surface area contributed by atoms with E-state index < -0.39 is 23.8 Å². The average molecular weight is 568 g/mol. The summed E-state index contributed by atoms with van der Waals surface area (Å²) in [7, 11) is 0. The fraction of sp³-hybridized carbons (Fsp3) is 0.742. The Bertz CT molecular complexity index is 1130. The number of carbonyl (C=O) groups excluding carboxylic acids is 3. The van der Waals surface area contributed by atoms with Gasteiger partial charge in [-0.1, -0.05) is 6.07 Å². The van der Waals surface area contributed by atoms with E-state index in [-0.39, 0.29) is 35.4 Å². The van der Waals surface area contributed by atoms with E-state index in [2.05, 4.69) is 26.2 Å². The van der Waals surface area contributed by atoms with Crippen LogP contribution in [0.25, 0.3) is 0 Å². The van der Waals surface area contributed by atoms with Gasteiger partial charge in [-0.25, -0.2) is 4.79 Å². The van der Waals surface area contributed by atoms with Gasteiger partial charge in [0, 0.05) is 55.6 Å². The Morgan fingerprint density at radius 3 is 2.54 bits per heavy atom. The molecular weight excluding hydrogens is 522 g/mol. The molecule has 1 aromatic heterocycles. The molecule has 10 heteroatoms. The monoisotopic (exact) mass is 567 g/mol. The lowest BCUT2D eigenvalue weighted by molar-refractivity contribution is -0.148. The van der Waals surface area contributed by atoms with Crippen molar-refractivity contribution in [3.8, 4) is 0 Å². The molecule has 224 valence electrons. The van der Waals surface area contributed by atoms with E-state index in [1.54, 1.807) is 6.20 Å². The molecule has 4 aliphatic heterocycles. The molecule has 5 fully saturated rings. The van der Waals surface area contributed by atoms with Gasteiger partial charge in [0.2, 0.25) is 11.8 Å². The van der Waals surface area contributed by atoms with Crippen LogP contribution in [0.1, 0.15) is 83.6 Å². The van der Waals surface area contributed by atoms with Crippen LogP contribution in [0.5, 0.6) is 0 Å². The third-order valence-corrected chi connectivity index (χ3v) is 9.78. The highest BCUT2D eigenvalue weighted by molar-refractivity contribution is 5.93. The zero-order valence-electron chi connectivity index (χ0n) is 24.7. The molecule has 1 N–H and O–H groups in total. The van der Waals surface area contributed by atoms with Crippen LogP contribution in [0.15, 0.2) is 24.5 Å². The number of amides is 3. The number of hydrogen-bond acceptors (Lipinski definition) is 7. The van der Waals surface area contributed by atoms with Crippen molar-refractivity contribution in [2.45, 2.75) is 113 Å². The van der Waals surface area contributed by atoms with Gasteiger partial charge in [-0.3, -0.25) is 19.5 Å². The molecule has 0 aromatic carbocycles. The van der Waals surface area contributed by atoms with Crippen LogP contribution in [0.3, 0.4) is 0 Å². The van der Waals surface area contributed by atoms with Crippen LogP contribution >= 0.6 is 0 Å². The number of likely N-dealkylation sites (tertiary alicyclic amines) is 1. The number of nitrogens with one attached hydrogen (secondary N) is 1. The third-order valence-electron chi connectivity index (χ3n) is 9.78. The Morgan fingerprint density at radius 2 is 1.85 bits per heavy atom. The van der Waals surface area contributed by atoms with E-state index in [0.717, 1.165) is 51.6 Å². The molecule has 1 aromatic rings. The van der Waals surface area contributed by atoms with Crippen molar-refractivity contribution in [2.24, 2.45) is 0 Å². The number of rotatable bonds is 4. The first-order chi connectivity index (χ1) is 19.6. The number of carbonyl (C=O) groups is 3. The van der Waals surface area contributed by atoms with E-state index in [1.165, 1.54) is 5.56 Å². The molecule has 10 nitrogen and oxygen atoms in total. The van der Waals surface area contributed by atoms with E-state index in [4.69, 9.17) is 9.47 Å². The van der Waals surface area contributed by atoms with Gasteiger partial charge in [-0.05, 0) is 83.8 Å².